The predicted molar refractivity (Wildman–Crippen MR) is 191 cm³/mol. The van der Waals surface area contributed by atoms with Gasteiger partial charge in [0, 0.05) is 38.1 Å². The van der Waals surface area contributed by atoms with Crippen molar-refractivity contribution in [1.82, 2.24) is 4.98 Å². The van der Waals surface area contributed by atoms with Crippen LogP contribution in [0.1, 0.15) is 5.56 Å². The summed E-state index contributed by atoms with van der Waals surface area (Å²) in [6.07, 6.45) is 3.78. The van der Waals surface area contributed by atoms with Crippen molar-refractivity contribution in [3.63, 3.8) is 0 Å². The van der Waals surface area contributed by atoms with Crippen molar-refractivity contribution in [3.05, 3.63) is 151 Å². The summed E-state index contributed by atoms with van der Waals surface area (Å²) in [6, 6.07) is 50.2. The lowest BCUT2D eigenvalue weighted by molar-refractivity contribution is 1.33. The summed E-state index contributed by atoms with van der Waals surface area (Å²) in [6.45, 7) is 0. The quantitative estimate of drug-likeness (QED) is 0.193. The second-order valence-corrected chi connectivity index (χ2v) is 12.6. The van der Waals surface area contributed by atoms with Gasteiger partial charge in [-0.1, -0.05) is 84.9 Å². The number of hydrogen-bond acceptors (Lipinski definition) is 3. The van der Waals surface area contributed by atoms with Crippen LogP contribution in [-0.2, 0) is 0 Å². The van der Waals surface area contributed by atoms with Gasteiger partial charge in [0.2, 0.25) is 0 Å². The van der Waals surface area contributed by atoms with Gasteiger partial charge in [0.05, 0.1) is 11.6 Å². The van der Waals surface area contributed by atoms with E-state index in [0.717, 1.165) is 10.9 Å². The van der Waals surface area contributed by atoms with Crippen LogP contribution in [0.4, 0.5) is 0 Å². The zero-order valence-corrected chi connectivity index (χ0v) is 25.0. The molecule has 0 fully saturated rings. The Morgan fingerprint density at radius 3 is 1.67 bits per heavy atom. The van der Waals surface area contributed by atoms with Crippen LogP contribution in [0.25, 0.3) is 85.9 Å². The molecule has 7 aromatic carbocycles. The van der Waals surface area contributed by atoms with Gasteiger partial charge in [-0.15, -0.1) is 11.3 Å². The summed E-state index contributed by atoms with van der Waals surface area (Å²) < 4.78 is 2.45. The number of aromatic nitrogens is 1. The molecule has 2 nitrogen and oxygen atoms in total. The molecule has 0 amide bonds. The second kappa shape index (κ2) is 10.1. The Kier molecular flexibility index (Phi) is 5.78. The monoisotopic (exact) mass is 588 g/mol. The van der Waals surface area contributed by atoms with Gasteiger partial charge in [0.1, 0.15) is 0 Å². The van der Waals surface area contributed by atoms with Crippen molar-refractivity contribution in [2.75, 3.05) is 0 Å². The van der Waals surface area contributed by atoms with Crippen molar-refractivity contribution in [2.24, 2.45) is 0 Å². The van der Waals surface area contributed by atoms with E-state index in [1.165, 1.54) is 74.9 Å². The van der Waals surface area contributed by atoms with Crippen molar-refractivity contribution < 1.29 is 0 Å². The van der Waals surface area contributed by atoms with Crippen LogP contribution in [0.5, 0.6) is 0 Å². The highest BCUT2D eigenvalue weighted by atomic mass is 32.1. The van der Waals surface area contributed by atoms with Gasteiger partial charge < -0.3 is 0 Å². The highest BCUT2D eigenvalue weighted by Gasteiger charge is 2.15. The molecule has 0 saturated heterocycles. The lowest BCUT2D eigenvalue weighted by atomic mass is 9.88. The molecule has 3 heteroatoms. The van der Waals surface area contributed by atoms with Crippen LogP contribution in [0, 0.1) is 11.3 Å². The molecule has 0 unspecified atom stereocenters. The molecular formula is C42H24N2S. The van der Waals surface area contributed by atoms with Crippen LogP contribution in [0.2, 0.25) is 0 Å². The van der Waals surface area contributed by atoms with Crippen molar-refractivity contribution in [2.45, 2.75) is 0 Å². The molecule has 45 heavy (non-hydrogen) atoms. The third kappa shape index (κ3) is 4.12. The summed E-state index contributed by atoms with van der Waals surface area (Å²) in [4.78, 5) is 4.41. The lowest BCUT2D eigenvalue weighted by Gasteiger charge is -2.16. The van der Waals surface area contributed by atoms with E-state index in [1.54, 1.807) is 11.3 Å². The van der Waals surface area contributed by atoms with E-state index in [-0.39, 0.29) is 0 Å². The fourth-order valence-corrected chi connectivity index (χ4v) is 7.89. The summed E-state index contributed by atoms with van der Waals surface area (Å²) in [5.41, 5.74) is 7.79. The Morgan fingerprint density at radius 1 is 0.444 bits per heavy atom. The molecule has 0 aliphatic carbocycles. The molecule has 9 rings (SSSR count). The first-order chi connectivity index (χ1) is 22.2. The first-order valence-electron chi connectivity index (χ1n) is 15.0. The van der Waals surface area contributed by atoms with E-state index in [2.05, 4.69) is 126 Å². The maximum absolute atomic E-state index is 9.45. The molecule has 9 aromatic rings. The molecule has 0 N–H and O–H groups in total. The molecule has 0 aliphatic heterocycles. The number of pyridine rings is 1. The fraction of sp³-hybridized carbons (Fsp3) is 0. The molecular weight excluding hydrogens is 565 g/mol. The highest BCUT2D eigenvalue weighted by Crippen LogP contribution is 2.42. The van der Waals surface area contributed by atoms with Crippen LogP contribution in [0.3, 0.4) is 0 Å². The number of nitriles is 1. The van der Waals surface area contributed by atoms with E-state index in [9.17, 15) is 5.26 Å². The number of thiophene rings is 1. The third-order valence-electron chi connectivity index (χ3n) is 8.98. The standard InChI is InChI=1S/C42H24N2S/c43-24-26-11-17-41-39(20-26)40-21-29(16-18-42(40)45-41)27-12-14-28(15-13-27)35-22-37-34-10-4-2-8-32(34)36(30-6-5-19-44-25-30)23-38(37)33-9-3-1-7-31(33)35/h1-23,25H. The number of benzene rings is 7. The maximum atomic E-state index is 9.45. The van der Waals surface area contributed by atoms with Crippen molar-refractivity contribution in [3.8, 4) is 39.4 Å². The number of fused-ring (bicyclic) bond motifs is 8. The van der Waals surface area contributed by atoms with E-state index >= 15 is 0 Å². The fourth-order valence-electron chi connectivity index (χ4n) is 6.82. The van der Waals surface area contributed by atoms with Gasteiger partial charge in [-0.05, 0) is 109 Å². The Labute approximate surface area is 264 Å². The SMILES string of the molecule is N#Cc1ccc2sc3ccc(-c4ccc(-c5cc6c7ccccc7c(-c7cccnc7)cc6c6ccccc56)cc4)cc3c2c1. The Hall–Kier alpha value is -5.82. The molecule has 0 bridgehead atoms. The van der Waals surface area contributed by atoms with Gasteiger partial charge in [-0.2, -0.15) is 5.26 Å². The van der Waals surface area contributed by atoms with Crippen molar-refractivity contribution in [1.29, 1.82) is 5.26 Å². The van der Waals surface area contributed by atoms with E-state index in [0.29, 0.717) is 5.56 Å². The van der Waals surface area contributed by atoms with Gasteiger partial charge >= 0.3 is 0 Å². The number of rotatable bonds is 3. The van der Waals surface area contributed by atoms with E-state index in [1.807, 2.05) is 30.6 Å². The average molecular weight is 589 g/mol. The molecule has 0 aliphatic rings. The van der Waals surface area contributed by atoms with E-state index < -0.39 is 0 Å². The van der Waals surface area contributed by atoms with Crippen LogP contribution in [-0.4, -0.2) is 4.98 Å². The molecule has 0 saturated carbocycles. The minimum Gasteiger partial charge on any atom is -0.264 e. The van der Waals surface area contributed by atoms with Gasteiger partial charge in [0.15, 0.2) is 0 Å². The Balaban J connectivity index is 1.21. The van der Waals surface area contributed by atoms with E-state index in [4.69, 9.17) is 0 Å². The average Bonchev–Trinajstić information content (AvgIpc) is 3.48. The second-order valence-electron chi connectivity index (χ2n) is 11.5. The molecule has 0 spiro atoms. The molecule has 208 valence electrons. The minimum atomic E-state index is 0.695. The summed E-state index contributed by atoms with van der Waals surface area (Å²) >= 11 is 1.77. The Bertz CT molecular complexity index is 2640. The number of hydrogen-bond donors (Lipinski definition) is 0. The third-order valence-corrected chi connectivity index (χ3v) is 10.1. The van der Waals surface area contributed by atoms with Crippen LogP contribution < -0.4 is 0 Å². The first-order valence-corrected chi connectivity index (χ1v) is 15.8. The molecule has 2 aromatic heterocycles. The molecule has 0 radical (unpaired) electrons. The highest BCUT2D eigenvalue weighted by molar-refractivity contribution is 7.25. The lowest BCUT2D eigenvalue weighted by Crippen LogP contribution is -1.89. The Morgan fingerprint density at radius 2 is 1.02 bits per heavy atom. The smallest absolute Gasteiger partial charge is 0.0991 e. The summed E-state index contributed by atoms with van der Waals surface area (Å²) in [5.74, 6) is 0. The topological polar surface area (TPSA) is 36.7 Å². The van der Waals surface area contributed by atoms with Crippen molar-refractivity contribution >= 4 is 63.8 Å². The molecule has 2 heterocycles. The molecule has 0 atom stereocenters. The first kappa shape index (κ1) is 25.7. The maximum Gasteiger partial charge on any atom is 0.0991 e. The van der Waals surface area contributed by atoms with Gasteiger partial charge in [-0.25, -0.2) is 0 Å². The number of nitrogens with zero attached hydrogens (tertiary/aromatic N) is 2. The van der Waals surface area contributed by atoms with Crippen LogP contribution >= 0.6 is 11.3 Å². The summed E-state index contributed by atoms with van der Waals surface area (Å²) in [5, 5.41) is 19.3. The normalized spacial score (nSPS) is 11.5. The zero-order valence-electron chi connectivity index (χ0n) is 24.2. The zero-order chi connectivity index (χ0) is 29.9. The predicted octanol–water partition coefficient (Wildman–Crippen LogP) is 11.8. The van der Waals surface area contributed by atoms with Crippen LogP contribution in [0.15, 0.2) is 146 Å². The minimum absolute atomic E-state index is 0.695. The van der Waals surface area contributed by atoms with Gasteiger partial charge in [0.25, 0.3) is 0 Å². The van der Waals surface area contributed by atoms with Gasteiger partial charge in [-0.3, -0.25) is 4.98 Å². The largest absolute Gasteiger partial charge is 0.264 e. The summed E-state index contributed by atoms with van der Waals surface area (Å²) in [7, 11) is 0.